The van der Waals surface area contributed by atoms with Gasteiger partial charge in [0.2, 0.25) is 0 Å². The van der Waals surface area contributed by atoms with Gasteiger partial charge in [-0.15, -0.1) is 0 Å². The molecule has 0 aromatic carbocycles. The van der Waals surface area contributed by atoms with Gasteiger partial charge in [-0.1, -0.05) is 319 Å². The fraction of sp³-hybridized carbons (Fsp3) is 0.819. The van der Waals surface area contributed by atoms with Crippen molar-refractivity contribution < 1.29 is 28.6 Å². The van der Waals surface area contributed by atoms with Crippen molar-refractivity contribution in [2.24, 2.45) is 0 Å². The van der Waals surface area contributed by atoms with E-state index in [1.807, 2.05) is 0 Å². The lowest BCUT2D eigenvalue weighted by molar-refractivity contribution is -0.167. The van der Waals surface area contributed by atoms with Crippen LogP contribution in [0.15, 0.2) is 60.8 Å². The van der Waals surface area contributed by atoms with Crippen LogP contribution < -0.4 is 0 Å². The highest BCUT2D eigenvalue weighted by Crippen LogP contribution is 2.18. The van der Waals surface area contributed by atoms with Crippen molar-refractivity contribution in [3.8, 4) is 0 Å². The van der Waals surface area contributed by atoms with Gasteiger partial charge in [0.15, 0.2) is 6.10 Å². The van der Waals surface area contributed by atoms with Crippen molar-refractivity contribution in [3.05, 3.63) is 60.8 Å². The van der Waals surface area contributed by atoms with Gasteiger partial charge in [-0.25, -0.2) is 0 Å². The predicted octanol–water partition coefficient (Wildman–Crippen LogP) is 23.5. The molecule has 0 aliphatic carbocycles. The van der Waals surface area contributed by atoms with Crippen molar-refractivity contribution in [2.45, 2.75) is 367 Å². The number of carbonyl (C=O) groups excluding carboxylic acids is 3. The lowest BCUT2D eigenvalue weighted by atomic mass is 10.0. The Kier molecular flexibility index (Phi) is 64.2. The summed E-state index contributed by atoms with van der Waals surface area (Å²) in [5.41, 5.74) is 0. The summed E-state index contributed by atoms with van der Waals surface area (Å²) in [6.07, 6.45) is 85.3. The van der Waals surface area contributed by atoms with Gasteiger partial charge < -0.3 is 14.2 Å². The smallest absolute Gasteiger partial charge is 0.306 e. The van der Waals surface area contributed by atoms with Crippen LogP contribution in [-0.2, 0) is 28.6 Å². The molecule has 0 saturated heterocycles. The summed E-state index contributed by atoms with van der Waals surface area (Å²) >= 11 is 0. The summed E-state index contributed by atoms with van der Waals surface area (Å²) in [4.78, 5) is 38.3. The number of hydrogen-bond donors (Lipinski definition) is 0. The molecule has 6 nitrogen and oxygen atoms in total. The van der Waals surface area contributed by atoms with E-state index in [1.165, 1.54) is 231 Å². The molecule has 454 valence electrons. The maximum atomic E-state index is 12.9. The molecule has 0 rings (SSSR count). The molecule has 0 aliphatic rings. The predicted molar refractivity (Wildman–Crippen MR) is 339 cm³/mol. The van der Waals surface area contributed by atoms with E-state index in [-0.39, 0.29) is 31.1 Å². The van der Waals surface area contributed by atoms with E-state index in [9.17, 15) is 14.4 Å². The maximum Gasteiger partial charge on any atom is 0.306 e. The maximum absolute atomic E-state index is 12.9. The highest BCUT2D eigenvalue weighted by Gasteiger charge is 2.19. The van der Waals surface area contributed by atoms with Crippen LogP contribution in [0.2, 0.25) is 0 Å². The first-order chi connectivity index (χ1) is 38.5. The zero-order valence-electron chi connectivity index (χ0n) is 52.2. The van der Waals surface area contributed by atoms with Gasteiger partial charge in [-0.3, -0.25) is 14.4 Å². The van der Waals surface area contributed by atoms with E-state index in [2.05, 4.69) is 81.5 Å². The molecule has 0 spiro atoms. The fourth-order valence-corrected chi connectivity index (χ4v) is 10.1. The van der Waals surface area contributed by atoms with Gasteiger partial charge in [-0.05, 0) is 83.5 Å². The van der Waals surface area contributed by atoms with Crippen LogP contribution in [0, 0.1) is 0 Å². The molecule has 0 heterocycles. The minimum atomic E-state index is -0.774. The Morgan fingerprint density at radius 3 is 0.808 bits per heavy atom. The zero-order chi connectivity index (χ0) is 56.4. The average molecular weight is 1090 g/mol. The third kappa shape index (κ3) is 63.9. The minimum Gasteiger partial charge on any atom is -0.462 e. The third-order valence-electron chi connectivity index (χ3n) is 15.3. The van der Waals surface area contributed by atoms with Crippen molar-refractivity contribution in [2.75, 3.05) is 13.2 Å². The van der Waals surface area contributed by atoms with Crippen LogP contribution in [0.4, 0.5) is 0 Å². The Hall–Kier alpha value is -2.89. The molecule has 1 atom stereocenters. The van der Waals surface area contributed by atoms with E-state index in [4.69, 9.17) is 14.2 Å². The highest BCUT2D eigenvalue weighted by molar-refractivity contribution is 5.71. The summed E-state index contributed by atoms with van der Waals surface area (Å²) in [6, 6.07) is 0. The van der Waals surface area contributed by atoms with Gasteiger partial charge >= 0.3 is 17.9 Å². The first-order valence-corrected chi connectivity index (χ1v) is 34.3. The number of unbranched alkanes of at least 4 members (excludes halogenated alkanes) is 42. The van der Waals surface area contributed by atoms with Crippen LogP contribution in [0.1, 0.15) is 361 Å². The van der Waals surface area contributed by atoms with Crippen molar-refractivity contribution in [1.82, 2.24) is 0 Å². The quantitative estimate of drug-likeness (QED) is 0.0261. The normalized spacial score (nSPS) is 12.4. The van der Waals surface area contributed by atoms with Gasteiger partial charge in [-0.2, -0.15) is 0 Å². The van der Waals surface area contributed by atoms with E-state index in [0.717, 1.165) is 89.9 Å². The van der Waals surface area contributed by atoms with Gasteiger partial charge in [0.25, 0.3) is 0 Å². The van der Waals surface area contributed by atoms with Gasteiger partial charge in [0.05, 0.1) is 0 Å². The summed E-state index contributed by atoms with van der Waals surface area (Å²) in [5.74, 6) is -0.856. The Morgan fingerprint density at radius 2 is 0.500 bits per heavy atom. The van der Waals surface area contributed by atoms with Crippen LogP contribution >= 0.6 is 0 Å². The third-order valence-corrected chi connectivity index (χ3v) is 15.3. The number of hydrogen-bond acceptors (Lipinski definition) is 6. The van der Waals surface area contributed by atoms with E-state index >= 15 is 0 Å². The first kappa shape index (κ1) is 75.1. The molecule has 0 fully saturated rings. The number of ether oxygens (including phenoxy) is 3. The Morgan fingerprint density at radius 1 is 0.269 bits per heavy atom. The second-order valence-electron chi connectivity index (χ2n) is 23.1. The Labute approximate surface area is 485 Å². The minimum absolute atomic E-state index is 0.0708. The molecule has 0 saturated carbocycles. The molecular weight excluding hydrogens is 961 g/mol. The molecule has 0 aromatic rings. The largest absolute Gasteiger partial charge is 0.462 e. The zero-order valence-corrected chi connectivity index (χ0v) is 52.2. The number of rotatable bonds is 63. The van der Waals surface area contributed by atoms with Crippen molar-refractivity contribution in [1.29, 1.82) is 0 Å². The molecule has 6 heteroatoms. The standard InChI is InChI=1S/C72H130O6/c1-4-7-10-13-16-19-22-25-27-29-30-31-32-33-34-35-36-37-38-39-40-41-42-43-45-47-50-53-56-59-62-65-71(74)77-68-69(67-76-70(73)64-61-58-55-52-49-46-24-21-18-15-12-9-6-3)78-72(75)66-63-60-57-54-51-48-44-28-26-23-20-17-14-11-8-5-2/h7,10,16,19,21,24-25,27,30-31,69H,4-6,8-9,11-15,17-18,20,22-23,26,28-29,32-68H2,1-3H3/b10-7-,19-16-,24-21-,27-25-,31-30-. The first-order valence-electron chi connectivity index (χ1n) is 34.3. The molecule has 0 radical (unpaired) electrons. The van der Waals surface area contributed by atoms with Gasteiger partial charge in [0.1, 0.15) is 13.2 Å². The van der Waals surface area contributed by atoms with E-state index in [0.29, 0.717) is 19.3 Å². The van der Waals surface area contributed by atoms with Crippen LogP contribution in [0.3, 0.4) is 0 Å². The SMILES string of the molecule is CC/C=C\C/C=C\C/C=C\C/C=C\CCCCCCCCCCCCCCCCCCCCC(=O)OCC(COC(=O)CCCCCCC/C=C\CCCCCC)OC(=O)CCCCCCCCCCCCCCCCCC. The molecule has 0 amide bonds. The lowest BCUT2D eigenvalue weighted by Gasteiger charge is -2.18. The molecule has 0 aromatic heterocycles. The summed E-state index contributed by atoms with van der Waals surface area (Å²) in [5, 5.41) is 0. The second-order valence-corrected chi connectivity index (χ2v) is 23.1. The summed E-state index contributed by atoms with van der Waals surface area (Å²) < 4.78 is 17.0. The highest BCUT2D eigenvalue weighted by atomic mass is 16.6. The second kappa shape index (κ2) is 66.6. The topological polar surface area (TPSA) is 78.9 Å². The molecular formula is C72H130O6. The van der Waals surface area contributed by atoms with Crippen molar-refractivity contribution >= 4 is 17.9 Å². The molecule has 1 unspecified atom stereocenters. The van der Waals surface area contributed by atoms with Crippen LogP contribution in [-0.4, -0.2) is 37.2 Å². The number of allylic oxidation sites excluding steroid dienone is 10. The summed E-state index contributed by atoms with van der Waals surface area (Å²) in [6.45, 7) is 6.56. The van der Waals surface area contributed by atoms with Crippen LogP contribution in [0.5, 0.6) is 0 Å². The van der Waals surface area contributed by atoms with Gasteiger partial charge in [0, 0.05) is 19.3 Å². The fourth-order valence-electron chi connectivity index (χ4n) is 10.1. The summed E-state index contributed by atoms with van der Waals surface area (Å²) in [7, 11) is 0. The van der Waals surface area contributed by atoms with E-state index in [1.54, 1.807) is 0 Å². The molecule has 0 bridgehead atoms. The van der Waals surface area contributed by atoms with Crippen molar-refractivity contribution in [3.63, 3.8) is 0 Å². The Bertz CT molecular complexity index is 1390. The van der Waals surface area contributed by atoms with Crippen LogP contribution in [0.25, 0.3) is 0 Å². The lowest BCUT2D eigenvalue weighted by Crippen LogP contribution is -2.30. The van der Waals surface area contributed by atoms with E-state index < -0.39 is 6.10 Å². The number of esters is 3. The number of carbonyl (C=O) groups is 3. The molecule has 0 aliphatic heterocycles. The monoisotopic (exact) mass is 1090 g/mol. The molecule has 0 N–H and O–H groups in total. The Balaban J connectivity index is 4.15. The average Bonchev–Trinajstić information content (AvgIpc) is 3.44. The molecule has 78 heavy (non-hydrogen) atoms.